The molecule has 0 unspecified atom stereocenters. The summed E-state index contributed by atoms with van der Waals surface area (Å²) in [5.74, 6) is 0. The normalized spacial score (nSPS) is 18.2. The number of rotatable bonds is 3. The summed E-state index contributed by atoms with van der Waals surface area (Å²) in [6.07, 6.45) is 2.18. The van der Waals surface area contributed by atoms with E-state index in [2.05, 4.69) is 40.9 Å². The Morgan fingerprint density at radius 2 is 2.06 bits per heavy atom. The molecule has 1 N–H and O–H groups in total. The minimum absolute atomic E-state index is 0.435. The topological polar surface area (TPSA) is 20.2 Å². The number of nitrogens with zero attached hydrogens (tertiary/aromatic N) is 2. The zero-order valence-corrected chi connectivity index (χ0v) is 10.8. The Morgan fingerprint density at radius 1 is 1.38 bits per heavy atom. The molecule has 0 aliphatic carbocycles. The molecule has 16 heavy (non-hydrogen) atoms. The Balaban J connectivity index is 2.01. The van der Waals surface area contributed by atoms with E-state index in [4.69, 9.17) is 11.6 Å². The van der Waals surface area contributed by atoms with Gasteiger partial charge in [0.05, 0.1) is 0 Å². The molecule has 0 aromatic carbocycles. The molecule has 3 nitrogen and oxygen atoms in total. The maximum absolute atomic E-state index is 6.19. The number of nitrogens with one attached hydrogen (secondary N) is 1. The van der Waals surface area contributed by atoms with Crippen LogP contribution in [0.15, 0.2) is 12.3 Å². The lowest BCUT2D eigenvalue weighted by Gasteiger charge is -2.26. The molecule has 1 aliphatic rings. The van der Waals surface area contributed by atoms with Crippen molar-refractivity contribution in [2.45, 2.75) is 26.4 Å². The predicted octanol–water partition coefficient (Wildman–Crippen LogP) is 2.13. The number of hydrogen-bond donors (Lipinski definition) is 1. The van der Waals surface area contributed by atoms with Crippen LogP contribution in [0.25, 0.3) is 0 Å². The van der Waals surface area contributed by atoms with Crippen molar-refractivity contribution < 1.29 is 0 Å². The van der Waals surface area contributed by atoms with Gasteiger partial charge >= 0.3 is 0 Å². The smallest absolute Gasteiger partial charge is 0.109 e. The van der Waals surface area contributed by atoms with Crippen molar-refractivity contribution >= 4 is 11.6 Å². The lowest BCUT2D eigenvalue weighted by Crippen LogP contribution is -2.42. The van der Waals surface area contributed by atoms with Crippen LogP contribution >= 0.6 is 11.6 Å². The summed E-state index contributed by atoms with van der Waals surface area (Å²) in [7, 11) is 0. The summed E-state index contributed by atoms with van der Waals surface area (Å²) in [6.45, 7) is 9.77. The van der Waals surface area contributed by atoms with Crippen LogP contribution in [0, 0.1) is 0 Å². The molecule has 0 amide bonds. The lowest BCUT2D eigenvalue weighted by molar-refractivity contribution is 0.233. The zero-order chi connectivity index (χ0) is 11.5. The zero-order valence-electron chi connectivity index (χ0n) is 10.0. The van der Waals surface area contributed by atoms with E-state index in [-0.39, 0.29) is 0 Å². The average Bonchev–Trinajstić information content (AvgIpc) is 2.61. The molecular formula is C12H20ClN3. The Kier molecular flexibility index (Phi) is 3.90. The molecule has 90 valence electrons. The lowest BCUT2D eigenvalue weighted by atomic mass is 10.3. The van der Waals surface area contributed by atoms with Gasteiger partial charge in [-0.1, -0.05) is 11.6 Å². The third kappa shape index (κ3) is 2.78. The first-order valence-electron chi connectivity index (χ1n) is 5.96. The van der Waals surface area contributed by atoms with E-state index in [1.807, 2.05) is 0 Å². The quantitative estimate of drug-likeness (QED) is 0.875. The molecule has 1 aliphatic heterocycles. The molecule has 1 fully saturated rings. The van der Waals surface area contributed by atoms with Crippen LogP contribution in [-0.4, -0.2) is 35.6 Å². The highest BCUT2D eigenvalue weighted by atomic mass is 35.5. The highest BCUT2D eigenvalue weighted by molar-refractivity contribution is 6.29. The molecule has 2 heterocycles. The van der Waals surface area contributed by atoms with Crippen molar-refractivity contribution in [1.29, 1.82) is 0 Å². The minimum Gasteiger partial charge on any atom is -0.336 e. The van der Waals surface area contributed by atoms with Crippen molar-refractivity contribution in [1.82, 2.24) is 14.8 Å². The van der Waals surface area contributed by atoms with Gasteiger partial charge in [-0.25, -0.2) is 0 Å². The van der Waals surface area contributed by atoms with Gasteiger partial charge in [-0.05, 0) is 25.5 Å². The Bertz CT molecular complexity index is 340. The van der Waals surface area contributed by atoms with Crippen molar-refractivity contribution in [3.63, 3.8) is 0 Å². The van der Waals surface area contributed by atoms with Gasteiger partial charge in [0.1, 0.15) is 5.15 Å². The third-order valence-corrected chi connectivity index (χ3v) is 3.33. The monoisotopic (exact) mass is 241 g/mol. The fourth-order valence-electron chi connectivity index (χ4n) is 2.11. The highest BCUT2D eigenvalue weighted by Crippen LogP contribution is 2.20. The van der Waals surface area contributed by atoms with E-state index < -0.39 is 0 Å². The molecule has 2 rings (SSSR count). The molecule has 0 spiro atoms. The largest absolute Gasteiger partial charge is 0.336 e. The molecule has 1 saturated heterocycles. The molecule has 4 heteroatoms. The maximum Gasteiger partial charge on any atom is 0.109 e. The van der Waals surface area contributed by atoms with Gasteiger partial charge in [-0.15, -0.1) is 0 Å². The fraction of sp³-hybridized carbons (Fsp3) is 0.667. The molecule has 0 radical (unpaired) electrons. The van der Waals surface area contributed by atoms with Crippen LogP contribution in [0.2, 0.25) is 5.15 Å². The van der Waals surface area contributed by atoms with Crippen LogP contribution in [0.4, 0.5) is 0 Å². The highest BCUT2D eigenvalue weighted by Gasteiger charge is 2.12. The molecule has 0 bridgehead atoms. The van der Waals surface area contributed by atoms with Crippen LogP contribution in [0.1, 0.15) is 25.5 Å². The van der Waals surface area contributed by atoms with E-state index in [9.17, 15) is 0 Å². The third-order valence-electron chi connectivity index (χ3n) is 3.03. The van der Waals surface area contributed by atoms with Crippen molar-refractivity contribution in [2.75, 3.05) is 26.2 Å². The summed E-state index contributed by atoms with van der Waals surface area (Å²) in [6, 6.07) is 2.52. The number of piperazine rings is 1. The second-order valence-corrected chi connectivity index (χ2v) is 5.09. The van der Waals surface area contributed by atoms with Crippen molar-refractivity contribution in [3.8, 4) is 0 Å². The van der Waals surface area contributed by atoms with Gasteiger partial charge in [-0.2, -0.15) is 0 Å². The van der Waals surface area contributed by atoms with Gasteiger partial charge in [-0.3, -0.25) is 4.90 Å². The average molecular weight is 242 g/mol. The van der Waals surface area contributed by atoms with Gasteiger partial charge < -0.3 is 9.88 Å². The molecule has 1 aromatic heterocycles. The number of halogens is 1. The second-order valence-electron chi connectivity index (χ2n) is 4.70. The van der Waals surface area contributed by atoms with E-state index in [0.717, 1.165) is 37.9 Å². The van der Waals surface area contributed by atoms with Crippen molar-refractivity contribution in [2.24, 2.45) is 0 Å². The summed E-state index contributed by atoms with van der Waals surface area (Å²) < 4.78 is 2.12. The van der Waals surface area contributed by atoms with Crippen LogP contribution in [-0.2, 0) is 6.54 Å². The molecular weight excluding hydrogens is 222 g/mol. The Morgan fingerprint density at radius 3 is 2.62 bits per heavy atom. The van der Waals surface area contributed by atoms with Gasteiger partial charge in [0.25, 0.3) is 0 Å². The summed E-state index contributed by atoms with van der Waals surface area (Å²) in [5.41, 5.74) is 1.32. The molecule has 0 saturated carbocycles. The first kappa shape index (κ1) is 12.0. The maximum atomic E-state index is 6.19. The minimum atomic E-state index is 0.435. The van der Waals surface area contributed by atoms with Crippen LogP contribution < -0.4 is 5.32 Å². The second kappa shape index (κ2) is 5.21. The van der Waals surface area contributed by atoms with E-state index in [1.165, 1.54) is 5.56 Å². The van der Waals surface area contributed by atoms with Crippen molar-refractivity contribution in [3.05, 3.63) is 23.0 Å². The summed E-state index contributed by atoms with van der Waals surface area (Å²) >= 11 is 6.19. The van der Waals surface area contributed by atoms with Gasteiger partial charge in [0.15, 0.2) is 0 Å². The van der Waals surface area contributed by atoms with E-state index in [0.29, 0.717) is 6.04 Å². The first-order chi connectivity index (χ1) is 7.66. The standard InChI is InChI=1S/C12H20ClN3/c1-10(2)16-9-11(7-12(16)13)8-15-5-3-14-4-6-15/h7,9-10,14H,3-6,8H2,1-2H3. The van der Waals surface area contributed by atoms with Crippen LogP contribution in [0.3, 0.4) is 0 Å². The number of aromatic nitrogens is 1. The Hall–Kier alpha value is -0.510. The summed E-state index contributed by atoms with van der Waals surface area (Å²) in [4.78, 5) is 2.47. The van der Waals surface area contributed by atoms with E-state index in [1.54, 1.807) is 0 Å². The SMILES string of the molecule is CC(C)n1cc(CN2CCNCC2)cc1Cl. The van der Waals surface area contributed by atoms with E-state index >= 15 is 0 Å². The first-order valence-corrected chi connectivity index (χ1v) is 6.34. The predicted molar refractivity (Wildman–Crippen MR) is 68.0 cm³/mol. The Labute approximate surface area is 102 Å². The van der Waals surface area contributed by atoms with Gasteiger partial charge in [0.2, 0.25) is 0 Å². The molecule has 1 aromatic rings. The summed E-state index contributed by atoms with van der Waals surface area (Å²) in [5, 5.41) is 4.21. The van der Waals surface area contributed by atoms with Gasteiger partial charge in [0, 0.05) is 45.0 Å². The fourth-order valence-corrected chi connectivity index (χ4v) is 2.50. The molecule has 0 atom stereocenters. The van der Waals surface area contributed by atoms with Crippen LogP contribution in [0.5, 0.6) is 0 Å². The number of hydrogen-bond acceptors (Lipinski definition) is 2.